The van der Waals surface area contributed by atoms with Gasteiger partial charge in [-0.3, -0.25) is 9.59 Å². The van der Waals surface area contributed by atoms with Gasteiger partial charge in [-0.15, -0.1) is 12.4 Å². The van der Waals surface area contributed by atoms with E-state index < -0.39 is 6.61 Å². The summed E-state index contributed by atoms with van der Waals surface area (Å²) >= 11 is 0. The van der Waals surface area contributed by atoms with Crippen molar-refractivity contribution in [2.45, 2.75) is 32.3 Å². The van der Waals surface area contributed by atoms with Crippen molar-refractivity contribution in [1.82, 2.24) is 15.5 Å². The minimum absolute atomic E-state index is 0. The Balaban J connectivity index is 0.00000300. The van der Waals surface area contributed by atoms with Crippen molar-refractivity contribution < 1.29 is 23.1 Å². The monoisotopic (exact) mass is 431 g/mol. The highest BCUT2D eigenvalue weighted by molar-refractivity contribution is 5.97. The summed E-state index contributed by atoms with van der Waals surface area (Å²) in [5.74, 6) is -0.404. The molecule has 1 aromatic carbocycles. The minimum Gasteiger partial charge on any atom is -0.434 e. The first-order chi connectivity index (χ1) is 13.5. The van der Waals surface area contributed by atoms with Gasteiger partial charge in [0.05, 0.1) is 11.5 Å². The van der Waals surface area contributed by atoms with Gasteiger partial charge in [0, 0.05) is 19.6 Å². The average molecular weight is 432 g/mol. The summed E-state index contributed by atoms with van der Waals surface area (Å²) in [6, 6.07) is 5.98. The molecule has 2 unspecified atom stereocenters. The molecule has 9 heteroatoms. The Hall–Kier alpha value is -1.93. The lowest BCUT2D eigenvalue weighted by Crippen LogP contribution is -2.47. The number of ether oxygens (including phenoxy) is 1. The summed E-state index contributed by atoms with van der Waals surface area (Å²) in [5.41, 5.74) is 0.0946. The van der Waals surface area contributed by atoms with Gasteiger partial charge in [0.25, 0.3) is 5.91 Å². The SMILES string of the molecule is Cl.O=C(NCC1CCCNC1)C1CCCN(C(=O)c2ccccc2OC(F)F)C1. The molecule has 0 spiro atoms. The third-order valence-electron chi connectivity index (χ3n) is 5.38. The fraction of sp³-hybridized carbons (Fsp3) is 0.600. The smallest absolute Gasteiger partial charge is 0.387 e. The molecule has 162 valence electrons. The molecule has 0 saturated carbocycles. The second-order valence-corrected chi connectivity index (χ2v) is 7.42. The highest BCUT2D eigenvalue weighted by Crippen LogP contribution is 2.25. The predicted molar refractivity (Wildman–Crippen MR) is 108 cm³/mol. The Morgan fingerprint density at radius 3 is 2.76 bits per heavy atom. The number of hydrogen-bond donors (Lipinski definition) is 2. The number of para-hydroxylation sites is 1. The van der Waals surface area contributed by atoms with E-state index in [1.54, 1.807) is 17.0 Å². The zero-order chi connectivity index (χ0) is 19.9. The Bertz CT molecular complexity index is 687. The summed E-state index contributed by atoms with van der Waals surface area (Å²) < 4.78 is 29.7. The minimum atomic E-state index is -3.00. The molecule has 2 aliphatic rings. The van der Waals surface area contributed by atoms with Crippen molar-refractivity contribution in [3.63, 3.8) is 0 Å². The van der Waals surface area contributed by atoms with E-state index in [2.05, 4.69) is 15.4 Å². The number of rotatable bonds is 6. The molecule has 0 bridgehead atoms. The van der Waals surface area contributed by atoms with Crippen molar-refractivity contribution in [1.29, 1.82) is 0 Å². The van der Waals surface area contributed by atoms with Gasteiger partial charge in [-0.05, 0) is 56.8 Å². The van der Waals surface area contributed by atoms with E-state index in [1.165, 1.54) is 12.1 Å². The van der Waals surface area contributed by atoms with E-state index >= 15 is 0 Å². The van der Waals surface area contributed by atoms with Crippen molar-refractivity contribution in [3.8, 4) is 5.75 Å². The Morgan fingerprint density at radius 2 is 2.03 bits per heavy atom. The molecule has 2 amide bonds. The van der Waals surface area contributed by atoms with Crippen molar-refractivity contribution in [3.05, 3.63) is 29.8 Å². The van der Waals surface area contributed by atoms with Crippen LogP contribution in [0.4, 0.5) is 8.78 Å². The largest absolute Gasteiger partial charge is 0.434 e. The molecule has 6 nitrogen and oxygen atoms in total. The Labute approximate surface area is 175 Å². The summed E-state index contributed by atoms with van der Waals surface area (Å²) in [5, 5.41) is 6.35. The second-order valence-electron chi connectivity index (χ2n) is 7.42. The van der Waals surface area contributed by atoms with E-state index in [1.807, 2.05) is 0 Å². The first-order valence-electron chi connectivity index (χ1n) is 9.86. The number of piperidine rings is 2. The van der Waals surface area contributed by atoms with Crippen LogP contribution in [0, 0.1) is 11.8 Å². The van der Waals surface area contributed by atoms with E-state index in [9.17, 15) is 18.4 Å². The lowest BCUT2D eigenvalue weighted by molar-refractivity contribution is -0.126. The molecule has 0 aliphatic carbocycles. The molecule has 0 aromatic heterocycles. The predicted octanol–water partition coefficient (Wildman–Crippen LogP) is 2.68. The number of carbonyl (C=O) groups excluding carboxylic acids is 2. The van der Waals surface area contributed by atoms with Crippen LogP contribution in [0.5, 0.6) is 5.75 Å². The summed E-state index contributed by atoms with van der Waals surface area (Å²) in [4.78, 5) is 27.0. The second kappa shape index (κ2) is 11.3. The number of carbonyl (C=O) groups is 2. The van der Waals surface area contributed by atoms with Gasteiger partial charge in [-0.2, -0.15) is 8.78 Å². The van der Waals surface area contributed by atoms with Crippen LogP contribution in [0.15, 0.2) is 24.3 Å². The number of nitrogens with zero attached hydrogens (tertiary/aromatic N) is 1. The van der Waals surface area contributed by atoms with Crippen molar-refractivity contribution >= 4 is 24.2 Å². The standard InChI is InChI=1S/C20H27F2N3O3.ClH/c21-20(22)28-17-8-2-1-7-16(17)19(27)25-10-4-6-15(13-25)18(26)24-12-14-5-3-9-23-11-14;/h1-2,7-8,14-15,20,23H,3-6,9-13H2,(H,24,26);1H. The molecule has 2 saturated heterocycles. The molecule has 2 aliphatic heterocycles. The summed E-state index contributed by atoms with van der Waals surface area (Å²) in [7, 11) is 0. The normalized spacial score (nSPS) is 22.0. The van der Waals surface area contributed by atoms with Crippen LogP contribution >= 0.6 is 12.4 Å². The van der Waals surface area contributed by atoms with Crippen LogP contribution < -0.4 is 15.4 Å². The Morgan fingerprint density at radius 1 is 1.24 bits per heavy atom. The molecule has 1 aromatic rings. The van der Waals surface area contributed by atoms with Gasteiger partial charge in [0.1, 0.15) is 5.75 Å². The molecule has 2 heterocycles. The third-order valence-corrected chi connectivity index (χ3v) is 5.38. The van der Waals surface area contributed by atoms with E-state index in [0.29, 0.717) is 31.8 Å². The van der Waals surface area contributed by atoms with Gasteiger partial charge >= 0.3 is 6.61 Å². The van der Waals surface area contributed by atoms with E-state index in [-0.39, 0.29) is 48.0 Å². The van der Waals surface area contributed by atoms with Crippen LogP contribution in [-0.4, -0.2) is 56.0 Å². The first kappa shape index (κ1) is 23.3. The van der Waals surface area contributed by atoms with Crippen molar-refractivity contribution in [2.75, 3.05) is 32.7 Å². The quantitative estimate of drug-likeness (QED) is 0.726. The highest BCUT2D eigenvalue weighted by Gasteiger charge is 2.30. The van der Waals surface area contributed by atoms with E-state index in [4.69, 9.17) is 0 Å². The van der Waals surface area contributed by atoms with Gasteiger partial charge in [0.15, 0.2) is 0 Å². The number of hydrogen-bond acceptors (Lipinski definition) is 4. The first-order valence-corrected chi connectivity index (χ1v) is 9.86. The van der Waals surface area contributed by atoms with Crippen LogP contribution in [0.3, 0.4) is 0 Å². The molecule has 2 atom stereocenters. The number of likely N-dealkylation sites (tertiary alicyclic amines) is 1. The molecule has 3 rings (SSSR count). The topological polar surface area (TPSA) is 70.7 Å². The van der Waals surface area contributed by atoms with Crippen LogP contribution in [0.2, 0.25) is 0 Å². The van der Waals surface area contributed by atoms with Crippen LogP contribution in [0.25, 0.3) is 0 Å². The molecular formula is C20H28ClF2N3O3. The number of nitrogens with one attached hydrogen (secondary N) is 2. The lowest BCUT2D eigenvalue weighted by Gasteiger charge is -2.33. The fourth-order valence-corrected chi connectivity index (χ4v) is 3.88. The van der Waals surface area contributed by atoms with Crippen molar-refractivity contribution in [2.24, 2.45) is 11.8 Å². The lowest BCUT2D eigenvalue weighted by atomic mass is 9.95. The molecule has 29 heavy (non-hydrogen) atoms. The third kappa shape index (κ3) is 6.54. The maximum absolute atomic E-state index is 12.8. The number of benzene rings is 1. The zero-order valence-corrected chi connectivity index (χ0v) is 17.1. The molecule has 2 N–H and O–H groups in total. The zero-order valence-electron chi connectivity index (χ0n) is 16.2. The maximum atomic E-state index is 12.8. The van der Waals surface area contributed by atoms with Crippen LogP contribution in [-0.2, 0) is 4.79 Å². The highest BCUT2D eigenvalue weighted by atomic mass is 35.5. The number of halogens is 3. The fourth-order valence-electron chi connectivity index (χ4n) is 3.88. The number of amides is 2. The van der Waals surface area contributed by atoms with Gasteiger partial charge < -0.3 is 20.3 Å². The molecule has 0 radical (unpaired) electrons. The molecule has 2 fully saturated rings. The summed E-state index contributed by atoms with van der Waals surface area (Å²) in [6.45, 7) is 0.371. The van der Waals surface area contributed by atoms with E-state index in [0.717, 1.165) is 25.9 Å². The van der Waals surface area contributed by atoms with Gasteiger partial charge in [0.2, 0.25) is 5.91 Å². The Kier molecular flexibility index (Phi) is 9.10. The molecular weight excluding hydrogens is 404 g/mol. The summed E-state index contributed by atoms with van der Waals surface area (Å²) in [6.07, 6.45) is 3.64. The maximum Gasteiger partial charge on any atom is 0.387 e. The number of alkyl halides is 2. The average Bonchev–Trinajstić information content (AvgIpc) is 2.72. The van der Waals surface area contributed by atoms with Gasteiger partial charge in [-0.25, -0.2) is 0 Å². The van der Waals surface area contributed by atoms with Crippen LogP contribution in [0.1, 0.15) is 36.0 Å². The van der Waals surface area contributed by atoms with Gasteiger partial charge in [-0.1, -0.05) is 12.1 Å².